The van der Waals surface area contributed by atoms with Crippen LogP contribution in [-0.2, 0) is 17.6 Å². The van der Waals surface area contributed by atoms with Gasteiger partial charge in [-0.2, -0.15) is 0 Å². The van der Waals surface area contributed by atoms with E-state index >= 15 is 0 Å². The number of hydrogen-bond donors (Lipinski definition) is 2. The highest BCUT2D eigenvalue weighted by Gasteiger charge is 2.26. The molecule has 0 aliphatic heterocycles. The van der Waals surface area contributed by atoms with E-state index in [9.17, 15) is 4.79 Å². The van der Waals surface area contributed by atoms with Gasteiger partial charge in [-0.15, -0.1) is 11.3 Å². The molecule has 0 unspecified atom stereocenters. The predicted octanol–water partition coefficient (Wildman–Crippen LogP) is 3.31. The maximum Gasteiger partial charge on any atom is 0.304 e. The van der Waals surface area contributed by atoms with Crippen molar-refractivity contribution in [3.63, 3.8) is 0 Å². The molecule has 2 heterocycles. The zero-order valence-corrected chi connectivity index (χ0v) is 16.0. The summed E-state index contributed by atoms with van der Waals surface area (Å²) in [5.74, 6) is 0.292. The zero-order chi connectivity index (χ0) is 18.1. The SMILES string of the molecule is CN(CCC(=O)O)[C@H]1CC[C@H](Nc2ncnc3sc4c(c23)CCC4)CC1. The van der Waals surface area contributed by atoms with Crippen molar-refractivity contribution in [3.05, 3.63) is 16.8 Å². The zero-order valence-electron chi connectivity index (χ0n) is 15.2. The molecule has 1 saturated carbocycles. The van der Waals surface area contributed by atoms with Crippen molar-refractivity contribution in [1.82, 2.24) is 14.9 Å². The van der Waals surface area contributed by atoms with Crippen LogP contribution in [0.4, 0.5) is 5.82 Å². The molecule has 2 N–H and O–H groups in total. The Morgan fingerprint density at radius 2 is 2.12 bits per heavy atom. The fourth-order valence-corrected chi connectivity index (χ4v) is 5.58. The minimum Gasteiger partial charge on any atom is -0.481 e. The molecule has 2 aliphatic carbocycles. The number of rotatable bonds is 6. The van der Waals surface area contributed by atoms with Crippen LogP contribution < -0.4 is 5.32 Å². The molecular formula is C19H26N4O2S. The third-order valence-electron chi connectivity index (χ3n) is 5.84. The maximum atomic E-state index is 10.8. The average molecular weight is 375 g/mol. The standard InChI is InChI=1S/C19H26N4O2S/c1-23(10-9-16(24)25)13-7-5-12(6-8-13)22-18-17-14-3-2-4-15(14)26-19(17)21-11-20-18/h11-13H,2-10H2,1H3,(H,24,25)(H,20,21,22)/t12-,13-. The average Bonchev–Trinajstić information content (AvgIpc) is 3.21. The van der Waals surface area contributed by atoms with E-state index in [1.54, 1.807) is 6.33 Å². The summed E-state index contributed by atoms with van der Waals surface area (Å²) in [7, 11) is 2.05. The van der Waals surface area contributed by atoms with Crippen molar-refractivity contribution in [1.29, 1.82) is 0 Å². The lowest BCUT2D eigenvalue weighted by Gasteiger charge is -2.35. The van der Waals surface area contributed by atoms with Crippen LogP contribution in [0.2, 0.25) is 0 Å². The summed E-state index contributed by atoms with van der Waals surface area (Å²) >= 11 is 1.83. The van der Waals surface area contributed by atoms with Crippen molar-refractivity contribution in [2.45, 2.75) is 63.5 Å². The monoisotopic (exact) mass is 374 g/mol. The Morgan fingerprint density at radius 1 is 1.31 bits per heavy atom. The Kier molecular flexibility index (Phi) is 5.09. The van der Waals surface area contributed by atoms with Gasteiger partial charge in [0.05, 0.1) is 11.8 Å². The molecular weight excluding hydrogens is 348 g/mol. The number of carboxylic acids is 1. The molecule has 0 atom stereocenters. The van der Waals surface area contributed by atoms with Crippen molar-refractivity contribution >= 4 is 33.3 Å². The van der Waals surface area contributed by atoms with Crippen LogP contribution in [0.5, 0.6) is 0 Å². The van der Waals surface area contributed by atoms with Gasteiger partial charge >= 0.3 is 5.97 Å². The highest BCUT2D eigenvalue weighted by Crippen LogP contribution is 2.39. The first kappa shape index (κ1) is 17.7. The van der Waals surface area contributed by atoms with Gasteiger partial charge in [0.1, 0.15) is 17.0 Å². The summed E-state index contributed by atoms with van der Waals surface area (Å²) in [5, 5.41) is 13.8. The van der Waals surface area contributed by atoms with Gasteiger partial charge in [-0.3, -0.25) is 4.79 Å². The number of nitrogens with one attached hydrogen (secondary N) is 1. The van der Waals surface area contributed by atoms with E-state index in [1.807, 2.05) is 18.4 Å². The number of hydrogen-bond acceptors (Lipinski definition) is 6. The van der Waals surface area contributed by atoms with E-state index in [0.717, 1.165) is 42.8 Å². The molecule has 26 heavy (non-hydrogen) atoms. The topological polar surface area (TPSA) is 78.4 Å². The molecule has 0 amide bonds. The van der Waals surface area contributed by atoms with E-state index < -0.39 is 5.97 Å². The van der Waals surface area contributed by atoms with Gasteiger partial charge < -0.3 is 15.3 Å². The Bertz CT molecular complexity index is 798. The number of carbonyl (C=O) groups is 1. The number of aromatic nitrogens is 2. The first-order chi connectivity index (χ1) is 12.6. The van der Waals surface area contributed by atoms with Crippen LogP contribution in [0.3, 0.4) is 0 Å². The number of anilines is 1. The lowest BCUT2D eigenvalue weighted by atomic mass is 9.90. The molecule has 2 aromatic heterocycles. The summed E-state index contributed by atoms with van der Waals surface area (Å²) in [4.78, 5) is 24.6. The molecule has 0 bridgehead atoms. The van der Waals surface area contributed by atoms with E-state index in [-0.39, 0.29) is 6.42 Å². The summed E-state index contributed by atoms with van der Waals surface area (Å²) in [6, 6.07) is 0.928. The Labute approximate surface area is 157 Å². The second-order valence-corrected chi connectivity index (χ2v) is 8.62. The Balaban J connectivity index is 1.39. The number of nitrogens with zero attached hydrogens (tertiary/aromatic N) is 3. The van der Waals surface area contributed by atoms with Gasteiger partial charge in [0.25, 0.3) is 0 Å². The van der Waals surface area contributed by atoms with E-state index in [4.69, 9.17) is 5.11 Å². The van der Waals surface area contributed by atoms with Crippen LogP contribution in [0.25, 0.3) is 10.2 Å². The number of aliphatic carboxylic acids is 1. The first-order valence-corrected chi connectivity index (χ1v) is 10.4. The lowest BCUT2D eigenvalue weighted by molar-refractivity contribution is -0.137. The Hall–Kier alpha value is -1.73. The highest BCUT2D eigenvalue weighted by molar-refractivity contribution is 7.19. The van der Waals surface area contributed by atoms with Crippen LogP contribution in [0.1, 0.15) is 49.0 Å². The van der Waals surface area contributed by atoms with Crippen molar-refractivity contribution in [2.75, 3.05) is 18.9 Å². The van der Waals surface area contributed by atoms with E-state index in [2.05, 4.69) is 20.2 Å². The molecule has 0 spiro atoms. The van der Waals surface area contributed by atoms with E-state index in [1.165, 1.54) is 28.7 Å². The van der Waals surface area contributed by atoms with Gasteiger partial charge in [0.15, 0.2) is 0 Å². The summed E-state index contributed by atoms with van der Waals surface area (Å²) in [6.45, 7) is 0.631. The van der Waals surface area contributed by atoms with Crippen LogP contribution in [0.15, 0.2) is 6.33 Å². The molecule has 4 rings (SSSR count). The van der Waals surface area contributed by atoms with Gasteiger partial charge in [0, 0.05) is 23.5 Å². The number of fused-ring (bicyclic) bond motifs is 3. The third-order valence-corrected chi connectivity index (χ3v) is 7.04. The van der Waals surface area contributed by atoms with Crippen LogP contribution in [-0.4, -0.2) is 51.6 Å². The number of carboxylic acid groups (broad SMARTS) is 1. The maximum absolute atomic E-state index is 10.8. The largest absolute Gasteiger partial charge is 0.481 e. The van der Waals surface area contributed by atoms with E-state index in [0.29, 0.717) is 18.6 Å². The number of thiophene rings is 1. The minimum absolute atomic E-state index is 0.219. The fraction of sp³-hybridized carbons (Fsp3) is 0.632. The molecule has 0 radical (unpaired) electrons. The number of aryl methyl sites for hydroxylation is 2. The van der Waals surface area contributed by atoms with Gasteiger partial charge in [-0.05, 0) is 57.6 Å². The molecule has 0 aromatic carbocycles. The van der Waals surface area contributed by atoms with Gasteiger partial charge in [0.2, 0.25) is 0 Å². The van der Waals surface area contributed by atoms with Crippen molar-refractivity contribution in [3.8, 4) is 0 Å². The second kappa shape index (κ2) is 7.48. The quantitative estimate of drug-likeness (QED) is 0.808. The molecule has 6 nitrogen and oxygen atoms in total. The van der Waals surface area contributed by atoms with Crippen LogP contribution >= 0.6 is 11.3 Å². The van der Waals surface area contributed by atoms with Crippen molar-refractivity contribution in [2.24, 2.45) is 0 Å². The van der Waals surface area contributed by atoms with Crippen LogP contribution in [0, 0.1) is 0 Å². The molecule has 2 aliphatic rings. The highest BCUT2D eigenvalue weighted by atomic mass is 32.1. The summed E-state index contributed by atoms with van der Waals surface area (Å²) in [5.41, 5.74) is 1.47. The smallest absolute Gasteiger partial charge is 0.304 e. The minimum atomic E-state index is -0.719. The molecule has 140 valence electrons. The molecule has 1 fully saturated rings. The predicted molar refractivity (Wildman–Crippen MR) is 104 cm³/mol. The summed E-state index contributed by atoms with van der Waals surface area (Å²) in [6.07, 6.45) is 9.88. The molecule has 0 saturated heterocycles. The lowest BCUT2D eigenvalue weighted by Crippen LogP contribution is -2.39. The normalized spacial score (nSPS) is 22.7. The molecule has 2 aromatic rings. The first-order valence-electron chi connectivity index (χ1n) is 9.55. The second-order valence-electron chi connectivity index (χ2n) is 7.53. The molecule has 7 heteroatoms. The van der Waals surface area contributed by atoms with Gasteiger partial charge in [-0.25, -0.2) is 9.97 Å². The van der Waals surface area contributed by atoms with Crippen molar-refractivity contribution < 1.29 is 9.90 Å². The fourth-order valence-electron chi connectivity index (χ4n) is 4.35. The third kappa shape index (κ3) is 3.55. The van der Waals surface area contributed by atoms with Gasteiger partial charge in [-0.1, -0.05) is 0 Å². The Morgan fingerprint density at radius 3 is 2.88 bits per heavy atom. The summed E-state index contributed by atoms with van der Waals surface area (Å²) < 4.78 is 0.